The molecule has 2 bridgehead atoms. The molecule has 3 aliphatic rings. The van der Waals surface area contributed by atoms with Crippen molar-refractivity contribution in [2.24, 2.45) is 11.1 Å². The van der Waals surface area contributed by atoms with E-state index < -0.39 is 0 Å². The van der Waals surface area contributed by atoms with E-state index in [1.54, 1.807) is 0 Å². The van der Waals surface area contributed by atoms with Crippen molar-refractivity contribution in [1.82, 2.24) is 4.90 Å². The summed E-state index contributed by atoms with van der Waals surface area (Å²) in [4.78, 5) is 2.34. The quantitative estimate of drug-likeness (QED) is 0.441. The van der Waals surface area contributed by atoms with Crippen LogP contribution in [-0.2, 0) is 0 Å². The molecular formula is C7H13ClN2O. The molecule has 3 aliphatic heterocycles. The van der Waals surface area contributed by atoms with E-state index in [0.29, 0.717) is 5.92 Å². The number of nitrogens with zero attached hydrogens (tertiary/aromatic N) is 2. The van der Waals surface area contributed by atoms with Gasteiger partial charge in [-0.3, -0.25) is 4.90 Å². The van der Waals surface area contributed by atoms with Crippen LogP contribution in [0.4, 0.5) is 0 Å². The van der Waals surface area contributed by atoms with E-state index in [1.807, 2.05) is 0 Å². The molecule has 1 N–H and O–H groups in total. The first-order valence-corrected chi connectivity index (χ1v) is 3.83. The fraction of sp³-hybridized carbons (Fsp3) is 0.857. The van der Waals surface area contributed by atoms with Gasteiger partial charge in [0.25, 0.3) is 0 Å². The summed E-state index contributed by atoms with van der Waals surface area (Å²) < 4.78 is 0. The van der Waals surface area contributed by atoms with Gasteiger partial charge >= 0.3 is 0 Å². The number of rotatable bonds is 0. The molecule has 11 heavy (non-hydrogen) atoms. The topological polar surface area (TPSA) is 35.8 Å². The molecule has 0 aliphatic carbocycles. The van der Waals surface area contributed by atoms with Crippen LogP contribution in [-0.4, -0.2) is 35.5 Å². The largest absolute Gasteiger partial charge is 0.411 e. The highest BCUT2D eigenvalue weighted by molar-refractivity contribution is 5.89. The Kier molecular flexibility index (Phi) is 2.73. The average Bonchev–Trinajstić information content (AvgIpc) is 2.06. The molecule has 0 unspecified atom stereocenters. The van der Waals surface area contributed by atoms with Gasteiger partial charge in [-0.05, 0) is 25.9 Å². The highest BCUT2D eigenvalue weighted by Crippen LogP contribution is 2.24. The monoisotopic (exact) mass is 176 g/mol. The first-order valence-electron chi connectivity index (χ1n) is 3.83. The summed E-state index contributed by atoms with van der Waals surface area (Å²) in [7, 11) is 0. The Morgan fingerprint density at radius 3 is 2.27 bits per heavy atom. The van der Waals surface area contributed by atoms with Crippen molar-refractivity contribution in [2.45, 2.75) is 12.8 Å². The van der Waals surface area contributed by atoms with E-state index in [-0.39, 0.29) is 12.4 Å². The summed E-state index contributed by atoms with van der Waals surface area (Å²) in [6.07, 6.45) is 2.39. The van der Waals surface area contributed by atoms with Crippen LogP contribution < -0.4 is 0 Å². The number of piperidine rings is 3. The minimum absolute atomic E-state index is 0. The normalized spacial score (nSPS) is 38.7. The Morgan fingerprint density at radius 2 is 2.00 bits per heavy atom. The van der Waals surface area contributed by atoms with Crippen LogP contribution in [0, 0.1) is 5.92 Å². The molecule has 3 heterocycles. The summed E-state index contributed by atoms with van der Waals surface area (Å²) in [5.41, 5.74) is 0.998. The standard InChI is InChI=1S/C7H12N2O.ClH/c10-8-7-5-9-3-1-6(7)2-4-9;/h6,10H,1-5H2;1H/b8-7+;. The van der Waals surface area contributed by atoms with E-state index in [4.69, 9.17) is 5.21 Å². The van der Waals surface area contributed by atoms with Crippen molar-refractivity contribution in [3.63, 3.8) is 0 Å². The van der Waals surface area contributed by atoms with Crippen molar-refractivity contribution >= 4 is 18.1 Å². The third kappa shape index (κ3) is 1.49. The molecule has 3 rings (SSSR count). The van der Waals surface area contributed by atoms with Crippen LogP contribution in [0.5, 0.6) is 0 Å². The minimum Gasteiger partial charge on any atom is -0.411 e. The Labute approximate surface area is 72.5 Å². The molecule has 3 saturated heterocycles. The molecule has 0 aromatic carbocycles. The molecule has 3 fully saturated rings. The summed E-state index contributed by atoms with van der Waals surface area (Å²) in [6.45, 7) is 3.30. The van der Waals surface area contributed by atoms with Gasteiger partial charge in [-0.1, -0.05) is 5.16 Å². The van der Waals surface area contributed by atoms with Crippen molar-refractivity contribution in [3.05, 3.63) is 0 Å². The number of oxime groups is 1. The van der Waals surface area contributed by atoms with E-state index in [1.165, 1.54) is 25.9 Å². The van der Waals surface area contributed by atoms with Gasteiger partial charge in [0.15, 0.2) is 0 Å². The predicted molar refractivity (Wildman–Crippen MR) is 45.6 cm³/mol. The van der Waals surface area contributed by atoms with E-state index in [2.05, 4.69) is 10.1 Å². The Bertz CT molecular complexity index is 164. The summed E-state index contributed by atoms with van der Waals surface area (Å²) in [5, 5.41) is 11.9. The smallest absolute Gasteiger partial charge is 0.0742 e. The molecule has 64 valence electrons. The molecule has 3 nitrogen and oxygen atoms in total. The summed E-state index contributed by atoms with van der Waals surface area (Å²) >= 11 is 0. The van der Waals surface area contributed by atoms with Gasteiger partial charge < -0.3 is 5.21 Å². The highest BCUT2D eigenvalue weighted by atomic mass is 35.5. The number of hydrogen-bond donors (Lipinski definition) is 1. The molecule has 4 heteroatoms. The van der Waals surface area contributed by atoms with Crippen LogP contribution in [0.15, 0.2) is 5.16 Å². The van der Waals surface area contributed by atoms with Gasteiger partial charge in [-0.2, -0.15) is 0 Å². The lowest BCUT2D eigenvalue weighted by atomic mass is 9.87. The van der Waals surface area contributed by atoms with Crippen molar-refractivity contribution in [2.75, 3.05) is 19.6 Å². The van der Waals surface area contributed by atoms with Crippen LogP contribution in [0.2, 0.25) is 0 Å². The predicted octanol–water partition coefficient (Wildman–Crippen LogP) is 0.964. The Balaban J connectivity index is 0.000000605. The van der Waals surface area contributed by atoms with Crippen LogP contribution in [0.25, 0.3) is 0 Å². The number of hydrogen-bond acceptors (Lipinski definition) is 3. The van der Waals surface area contributed by atoms with Crippen LogP contribution in [0.1, 0.15) is 12.8 Å². The molecule has 0 atom stereocenters. The fourth-order valence-corrected chi connectivity index (χ4v) is 1.90. The SMILES string of the molecule is Cl.O/N=C1\CN2CCC1CC2. The minimum atomic E-state index is 0. The first-order chi connectivity index (χ1) is 4.90. The van der Waals surface area contributed by atoms with Crippen LogP contribution in [0.3, 0.4) is 0 Å². The third-order valence-corrected chi connectivity index (χ3v) is 2.57. The Morgan fingerprint density at radius 1 is 1.36 bits per heavy atom. The lowest BCUT2D eigenvalue weighted by molar-refractivity contribution is 0.190. The maximum atomic E-state index is 8.57. The van der Waals surface area contributed by atoms with Gasteiger partial charge in [0.05, 0.1) is 5.71 Å². The molecule has 0 amide bonds. The van der Waals surface area contributed by atoms with Gasteiger partial charge in [-0.25, -0.2) is 0 Å². The first kappa shape index (κ1) is 8.81. The zero-order chi connectivity index (χ0) is 6.97. The number of halogens is 1. The second-order valence-electron chi connectivity index (χ2n) is 3.14. The van der Waals surface area contributed by atoms with Gasteiger partial charge in [-0.15, -0.1) is 12.4 Å². The maximum absolute atomic E-state index is 8.57. The maximum Gasteiger partial charge on any atom is 0.0742 e. The van der Waals surface area contributed by atoms with Crippen LogP contribution >= 0.6 is 12.4 Å². The summed E-state index contributed by atoms with van der Waals surface area (Å²) in [5.74, 6) is 0.593. The zero-order valence-corrected chi connectivity index (χ0v) is 7.18. The second kappa shape index (κ2) is 3.41. The van der Waals surface area contributed by atoms with E-state index >= 15 is 0 Å². The second-order valence-corrected chi connectivity index (χ2v) is 3.14. The molecule has 0 saturated carbocycles. The van der Waals surface area contributed by atoms with Crippen molar-refractivity contribution in [1.29, 1.82) is 0 Å². The molecule has 0 aromatic rings. The number of fused-ring (bicyclic) bond motifs is 3. The zero-order valence-electron chi connectivity index (χ0n) is 6.36. The highest BCUT2D eigenvalue weighted by Gasteiger charge is 2.30. The average molecular weight is 177 g/mol. The van der Waals surface area contributed by atoms with E-state index in [9.17, 15) is 0 Å². The van der Waals surface area contributed by atoms with Gasteiger partial charge in [0.2, 0.25) is 0 Å². The molecule has 0 aromatic heterocycles. The lowest BCUT2D eigenvalue weighted by Crippen LogP contribution is -2.47. The fourth-order valence-electron chi connectivity index (χ4n) is 1.90. The van der Waals surface area contributed by atoms with Gasteiger partial charge in [0.1, 0.15) is 0 Å². The molecular weight excluding hydrogens is 164 g/mol. The van der Waals surface area contributed by atoms with E-state index in [0.717, 1.165) is 12.3 Å². The molecule has 0 spiro atoms. The molecule has 0 radical (unpaired) electrons. The lowest BCUT2D eigenvalue weighted by Gasteiger charge is -2.39. The Hall–Kier alpha value is -0.280. The van der Waals surface area contributed by atoms with Gasteiger partial charge in [0, 0.05) is 12.5 Å². The summed E-state index contributed by atoms with van der Waals surface area (Å²) in [6, 6.07) is 0. The van der Waals surface area contributed by atoms with Crippen molar-refractivity contribution < 1.29 is 5.21 Å². The third-order valence-electron chi connectivity index (χ3n) is 2.57. The van der Waals surface area contributed by atoms with Crippen molar-refractivity contribution in [3.8, 4) is 0 Å².